The van der Waals surface area contributed by atoms with Crippen LogP contribution >= 0.6 is 0 Å². The van der Waals surface area contributed by atoms with Gasteiger partial charge in [-0.25, -0.2) is 0 Å². The molecule has 0 aromatic rings. The van der Waals surface area contributed by atoms with Crippen LogP contribution in [0.4, 0.5) is 0 Å². The molecule has 0 saturated carbocycles. The fourth-order valence-corrected chi connectivity index (χ4v) is 1.13. The van der Waals surface area contributed by atoms with E-state index >= 15 is 0 Å². The van der Waals surface area contributed by atoms with Crippen LogP contribution in [0.1, 0.15) is 25.7 Å². The van der Waals surface area contributed by atoms with Gasteiger partial charge < -0.3 is 5.11 Å². The molecule has 0 unspecified atom stereocenters. The van der Waals surface area contributed by atoms with Crippen LogP contribution < -0.4 is 0 Å². The predicted octanol–water partition coefficient (Wildman–Crippen LogP) is 2.62. The molecule has 12 heavy (non-hydrogen) atoms. The van der Waals surface area contributed by atoms with Crippen LogP contribution in [0.25, 0.3) is 0 Å². The van der Waals surface area contributed by atoms with Crippen molar-refractivity contribution in [3.63, 3.8) is 0 Å². The van der Waals surface area contributed by atoms with E-state index < -0.39 is 5.97 Å². The molecule has 0 aliphatic heterocycles. The highest BCUT2D eigenvalue weighted by Gasteiger charge is 2.06. The first-order chi connectivity index (χ1) is 5.70. The average Bonchev–Trinajstić information content (AvgIpc) is 2.01. The van der Waals surface area contributed by atoms with E-state index in [1.54, 1.807) is 0 Å². The second-order valence-electron chi connectivity index (χ2n) is 2.85. The summed E-state index contributed by atoms with van der Waals surface area (Å²) in [6.45, 7) is 7.26. The summed E-state index contributed by atoms with van der Waals surface area (Å²) >= 11 is 0. The smallest absolute Gasteiger partial charge is 0.303 e. The van der Waals surface area contributed by atoms with Crippen LogP contribution in [0.3, 0.4) is 0 Å². The highest BCUT2D eigenvalue weighted by atomic mass is 16.4. The minimum atomic E-state index is -0.729. The van der Waals surface area contributed by atoms with Gasteiger partial charge in [0.15, 0.2) is 0 Å². The zero-order chi connectivity index (χ0) is 9.40. The largest absolute Gasteiger partial charge is 0.481 e. The van der Waals surface area contributed by atoms with Gasteiger partial charge in [-0.05, 0) is 25.2 Å². The Morgan fingerprint density at radius 2 is 1.83 bits per heavy atom. The first-order valence-electron chi connectivity index (χ1n) is 4.14. The van der Waals surface area contributed by atoms with E-state index in [0.29, 0.717) is 12.3 Å². The van der Waals surface area contributed by atoms with Crippen LogP contribution in [0.15, 0.2) is 25.3 Å². The summed E-state index contributed by atoms with van der Waals surface area (Å²) in [5.74, 6) is -0.329. The van der Waals surface area contributed by atoms with Crippen molar-refractivity contribution >= 4 is 5.97 Å². The molecule has 0 bridgehead atoms. The third-order valence-corrected chi connectivity index (χ3v) is 1.77. The molecular formula is C10H16O2. The van der Waals surface area contributed by atoms with Gasteiger partial charge in [0.25, 0.3) is 0 Å². The van der Waals surface area contributed by atoms with E-state index in [0.717, 1.165) is 12.8 Å². The topological polar surface area (TPSA) is 37.3 Å². The van der Waals surface area contributed by atoms with Gasteiger partial charge in [-0.15, -0.1) is 13.2 Å². The third kappa shape index (κ3) is 5.71. The Kier molecular flexibility index (Phi) is 6.07. The highest BCUT2D eigenvalue weighted by molar-refractivity contribution is 5.66. The van der Waals surface area contributed by atoms with Gasteiger partial charge in [-0.3, -0.25) is 4.79 Å². The first kappa shape index (κ1) is 11.0. The molecule has 0 heterocycles. The summed E-state index contributed by atoms with van der Waals surface area (Å²) in [5, 5.41) is 8.45. The maximum atomic E-state index is 10.3. The molecule has 0 radical (unpaired) electrons. The van der Waals surface area contributed by atoms with Crippen molar-refractivity contribution in [2.75, 3.05) is 0 Å². The fraction of sp³-hybridized carbons (Fsp3) is 0.500. The molecule has 0 fully saturated rings. The number of hydrogen-bond acceptors (Lipinski definition) is 1. The van der Waals surface area contributed by atoms with Crippen LogP contribution in [0.2, 0.25) is 0 Å². The number of carboxylic acid groups (broad SMARTS) is 1. The van der Waals surface area contributed by atoms with Crippen LogP contribution in [-0.2, 0) is 4.79 Å². The van der Waals surface area contributed by atoms with Crippen LogP contribution in [0.5, 0.6) is 0 Å². The van der Waals surface area contributed by atoms with E-state index in [1.165, 1.54) is 0 Å². The highest BCUT2D eigenvalue weighted by Crippen LogP contribution is 2.16. The lowest BCUT2D eigenvalue weighted by atomic mass is 9.96. The number of aliphatic carboxylic acids is 1. The predicted molar refractivity (Wildman–Crippen MR) is 50.0 cm³/mol. The number of carboxylic acids is 1. The monoisotopic (exact) mass is 168 g/mol. The summed E-state index contributed by atoms with van der Waals surface area (Å²) in [7, 11) is 0. The molecule has 0 saturated heterocycles. The second kappa shape index (κ2) is 6.65. The molecule has 0 spiro atoms. The first-order valence-corrected chi connectivity index (χ1v) is 4.14. The second-order valence-corrected chi connectivity index (χ2v) is 2.85. The number of carbonyl (C=O) groups is 1. The Hall–Kier alpha value is -1.05. The molecule has 2 heteroatoms. The SMILES string of the molecule is C=CCC(CC=C)CCC(=O)O. The van der Waals surface area contributed by atoms with Gasteiger partial charge in [-0.2, -0.15) is 0 Å². The van der Waals surface area contributed by atoms with Crippen molar-refractivity contribution in [3.8, 4) is 0 Å². The normalized spacial score (nSPS) is 9.75. The molecule has 0 aliphatic carbocycles. The maximum absolute atomic E-state index is 10.3. The lowest BCUT2D eigenvalue weighted by Crippen LogP contribution is -2.02. The van der Waals surface area contributed by atoms with E-state index in [1.807, 2.05) is 12.2 Å². The van der Waals surface area contributed by atoms with E-state index in [2.05, 4.69) is 13.2 Å². The number of allylic oxidation sites excluding steroid dienone is 2. The van der Waals surface area contributed by atoms with Gasteiger partial charge in [-0.1, -0.05) is 12.2 Å². The van der Waals surface area contributed by atoms with Crippen molar-refractivity contribution in [3.05, 3.63) is 25.3 Å². The minimum Gasteiger partial charge on any atom is -0.481 e. The molecule has 0 amide bonds. The molecule has 0 atom stereocenters. The quantitative estimate of drug-likeness (QED) is 0.593. The zero-order valence-corrected chi connectivity index (χ0v) is 7.33. The molecule has 0 aliphatic rings. The standard InChI is InChI=1S/C10H16O2/c1-3-5-9(6-4-2)7-8-10(11)12/h3-4,9H,1-2,5-8H2,(H,11,12). The Bertz CT molecular complexity index is 151. The number of hydrogen-bond donors (Lipinski definition) is 1. The average molecular weight is 168 g/mol. The van der Waals surface area contributed by atoms with Gasteiger partial charge in [0.05, 0.1) is 0 Å². The van der Waals surface area contributed by atoms with Gasteiger partial charge in [0.1, 0.15) is 0 Å². The van der Waals surface area contributed by atoms with Crippen molar-refractivity contribution in [2.45, 2.75) is 25.7 Å². The summed E-state index contributed by atoms with van der Waals surface area (Å²) in [5.41, 5.74) is 0. The Balaban J connectivity index is 3.68. The van der Waals surface area contributed by atoms with Gasteiger partial charge in [0.2, 0.25) is 0 Å². The summed E-state index contributed by atoms with van der Waals surface area (Å²) in [6.07, 6.45) is 6.37. The zero-order valence-electron chi connectivity index (χ0n) is 7.33. The molecule has 0 aromatic carbocycles. The van der Waals surface area contributed by atoms with E-state index in [4.69, 9.17) is 5.11 Å². The van der Waals surface area contributed by atoms with E-state index in [-0.39, 0.29) is 6.42 Å². The van der Waals surface area contributed by atoms with Gasteiger partial charge in [0, 0.05) is 6.42 Å². The molecule has 68 valence electrons. The summed E-state index contributed by atoms with van der Waals surface area (Å²) < 4.78 is 0. The third-order valence-electron chi connectivity index (χ3n) is 1.77. The Morgan fingerprint density at radius 3 is 2.17 bits per heavy atom. The molecule has 0 rings (SSSR count). The Morgan fingerprint density at radius 1 is 1.33 bits per heavy atom. The van der Waals surface area contributed by atoms with Crippen molar-refractivity contribution in [2.24, 2.45) is 5.92 Å². The molecule has 0 aromatic heterocycles. The lowest BCUT2D eigenvalue weighted by molar-refractivity contribution is -0.137. The summed E-state index contributed by atoms with van der Waals surface area (Å²) in [4.78, 5) is 10.3. The van der Waals surface area contributed by atoms with Crippen molar-refractivity contribution in [1.82, 2.24) is 0 Å². The van der Waals surface area contributed by atoms with Crippen LogP contribution in [0, 0.1) is 5.92 Å². The maximum Gasteiger partial charge on any atom is 0.303 e. The van der Waals surface area contributed by atoms with Gasteiger partial charge >= 0.3 is 5.97 Å². The lowest BCUT2D eigenvalue weighted by Gasteiger charge is -2.10. The molecule has 2 nitrogen and oxygen atoms in total. The van der Waals surface area contributed by atoms with Crippen molar-refractivity contribution < 1.29 is 9.90 Å². The van der Waals surface area contributed by atoms with Crippen LogP contribution in [-0.4, -0.2) is 11.1 Å². The summed E-state index contributed by atoms with van der Waals surface area (Å²) in [6, 6.07) is 0. The van der Waals surface area contributed by atoms with E-state index in [9.17, 15) is 4.79 Å². The minimum absolute atomic E-state index is 0.242. The molecular weight excluding hydrogens is 152 g/mol. The number of rotatable bonds is 7. The fourth-order valence-electron chi connectivity index (χ4n) is 1.13. The van der Waals surface area contributed by atoms with Crippen molar-refractivity contribution in [1.29, 1.82) is 0 Å². The Labute approximate surface area is 73.6 Å². The molecule has 1 N–H and O–H groups in total.